The number of aromatic nitrogens is 2. The van der Waals surface area contributed by atoms with Gasteiger partial charge in [0, 0.05) is 24.3 Å². The van der Waals surface area contributed by atoms with E-state index in [1.807, 2.05) is 11.6 Å². The van der Waals surface area contributed by atoms with Crippen LogP contribution in [0.3, 0.4) is 0 Å². The number of nitrogens with zero attached hydrogens (tertiary/aromatic N) is 2. The maximum absolute atomic E-state index is 13.3. The van der Waals surface area contributed by atoms with E-state index < -0.39 is 15.8 Å². The molecule has 1 aromatic heterocycles. The lowest BCUT2D eigenvalue weighted by atomic mass is 10.3. The molecule has 2 aromatic carbocycles. The third-order valence-electron chi connectivity index (χ3n) is 3.31. The van der Waals surface area contributed by atoms with Crippen LogP contribution < -0.4 is 4.72 Å². The van der Waals surface area contributed by atoms with Crippen LogP contribution in [0.1, 0.15) is 0 Å². The largest absolute Gasteiger partial charge is 0.329 e. The molecular weight excluding hydrogens is 385 g/mol. The summed E-state index contributed by atoms with van der Waals surface area (Å²) in [5.41, 5.74) is 0.399. The van der Waals surface area contributed by atoms with Crippen molar-refractivity contribution in [3.63, 3.8) is 0 Å². The summed E-state index contributed by atoms with van der Waals surface area (Å²) in [4.78, 5) is 4.79. The molecule has 25 heavy (non-hydrogen) atoms. The van der Waals surface area contributed by atoms with Gasteiger partial charge >= 0.3 is 0 Å². The number of nitrogens with one attached hydrogen (secondary N) is 1. The Morgan fingerprint density at radius 1 is 1.24 bits per heavy atom. The Morgan fingerprint density at radius 3 is 2.68 bits per heavy atom. The highest BCUT2D eigenvalue weighted by Crippen LogP contribution is 2.33. The number of sulfonamides is 1. The van der Waals surface area contributed by atoms with E-state index >= 15 is 0 Å². The van der Waals surface area contributed by atoms with E-state index in [4.69, 9.17) is 11.6 Å². The number of hydrogen-bond donors (Lipinski definition) is 1. The molecule has 0 amide bonds. The molecule has 0 atom stereocenters. The van der Waals surface area contributed by atoms with Gasteiger partial charge in [0.1, 0.15) is 5.82 Å². The van der Waals surface area contributed by atoms with Crippen molar-refractivity contribution in [3.05, 3.63) is 65.7 Å². The molecule has 3 aromatic rings. The molecule has 1 N–H and O–H groups in total. The average molecular weight is 398 g/mol. The van der Waals surface area contributed by atoms with Crippen molar-refractivity contribution in [2.24, 2.45) is 7.05 Å². The molecule has 130 valence electrons. The van der Waals surface area contributed by atoms with Crippen LogP contribution in [0.2, 0.25) is 5.02 Å². The first-order valence-corrected chi connectivity index (χ1v) is 9.76. The minimum atomic E-state index is -3.91. The molecule has 0 unspecified atom stereocenters. The van der Waals surface area contributed by atoms with Crippen molar-refractivity contribution in [3.8, 4) is 0 Å². The van der Waals surface area contributed by atoms with Crippen LogP contribution >= 0.6 is 23.4 Å². The van der Waals surface area contributed by atoms with Crippen LogP contribution in [0, 0.1) is 5.82 Å². The molecule has 1 heterocycles. The lowest BCUT2D eigenvalue weighted by Crippen LogP contribution is -2.13. The number of rotatable bonds is 5. The van der Waals surface area contributed by atoms with Crippen molar-refractivity contribution < 1.29 is 12.8 Å². The number of halogens is 2. The minimum Gasteiger partial charge on any atom is -0.329 e. The molecule has 0 saturated carbocycles. The van der Waals surface area contributed by atoms with Gasteiger partial charge < -0.3 is 4.57 Å². The summed E-state index contributed by atoms with van der Waals surface area (Å²) >= 11 is 7.01. The predicted octanol–water partition coefficient (Wildman–Crippen LogP) is 4.16. The highest BCUT2D eigenvalue weighted by atomic mass is 35.5. The lowest BCUT2D eigenvalue weighted by Gasteiger charge is -2.12. The summed E-state index contributed by atoms with van der Waals surface area (Å²) in [6.07, 6.45) is 3.46. The molecule has 9 heteroatoms. The number of para-hydroxylation sites is 1. The first-order valence-electron chi connectivity index (χ1n) is 7.09. The number of imidazole rings is 1. The Morgan fingerprint density at radius 2 is 2.00 bits per heavy atom. The molecule has 5 nitrogen and oxygen atoms in total. The monoisotopic (exact) mass is 397 g/mol. The van der Waals surface area contributed by atoms with Crippen LogP contribution in [0.25, 0.3) is 0 Å². The molecule has 0 spiro atoms. The van der Waals surface area contributed by atoms with Gasteiger partial charge in [-0.25, -0.2) is 17.8 Å². The topological polar surface area (TPSA) is 64.0 Å². The van der Waals surface area contributed by atoms with E-state index in [0.717, 1.165) is 23.4 Å². The van der Waals surface area contributed by atoms with Crippen LogP contribution in [0.5, 0.6) is 0 Å². The zero-order valence-corrected chi connectivity index (χ0v) is 15.4. The quantitative estimate of drug-likeness (QED) is 0.702. The standard InChI is InChI=1S/C16H13ClFN3O2S2/c1-21-9-8-19-16(21)24-15-5-3-2-4-14(15)20-25(22,23)11-6-7-13(18)12(17)10-11/h2-10,20H,1H3. The Bertz CT molecular complexity index is 1020. The van der Waals surface area contributed by atoms with E-state index in [-0.39, 0.29) is 9.92 Å². The van der Waals surface area contributed by atoms with Crippen LogP contribution in [-0.2, 0) is 17.1 Å². The second kappa shape index (κ2) is 7.07. The van der Waals surface area contributed by atoms with Crippen molar-refractivity contribution in [1.82, 2.24) is 9.55 Å². The van der Waals surface area contributed by atoms with Crippen LogP contribution in [0.4, 0.5) is 10.1 Å². The van der Waals surface area contributed by atoms with E-state index in [1.54, 1.807) is 36.7 Å². The summed E-state index contributed by atoms with van der Waals surface area (Å²) < 4.78 is 42.7. The molecule has 0 bridgehead atoms. The van der Waals surface area contributed by atoms with Gasteiger partial charge in [0.05, 0.1) is 15.6 Å². The molecule has 0 saturated heterocycles. The molecule has 0 aliphatic rings. The highest BCUT2D eigenvalue weighted by molar-refractivity contribution is 7.99. The third-order valence-corrected chi connectivity index (χ3v) is 6.12. The molecule has 0 fully saturated rings. The summed E-state index contributed by atoms with van der Waals surface area (Å²) in [6.45, 7) is 0. The zero-order chi connectivity index (χ0) is 18.0. The van der Waals surface area contributed by atoms with Gasteiger partial charge in [-0.05, 0) is 42.1 Å². The number of anilines is 1. The number of hydrogen-bond acceptors (Lipinski definition) is 4. The van der Waals surface area contributed by atoms with E-state index in [1.165, 1.54) is 11.8 Å². The van der Waals surface area contributed by atoms with Crippen LogP contribution in [0.15, 0.2) is 69.8 Å². The van der Waals surface area contributed by atoms with Gasteiger partial charge in [-0.1, -0.05) is 23.7 Å². The first kappa shape index (κ1) is 17.8. The fourth-order valence-electron chi connectivity index (χ4n) is 2.04. The Balaban J connectivity index is 1.92. The molecule has 3 rings (SSSR count). The average Bonchev–Trinajstić information content (AvgIpc) is 2.96. The van der Waals surface area contributed by atoms with Gasteiger partial charge in [0.15, 0.2) is 5.16 Å². The van der Waals surface area contributed by atoms with Gasteiger partial charge in [-0.15, -0.1) is 0 Å². The fraction of sp³-hybridized carbons (Fsp3) is 0.0625. The molecule has 0 radical (unpaired) electrons. The number of benzene rings is 2. The Kier molecular flexibility index (Phi) is 5.03. The van der Waals surface area contributed by atoms with Crippen molar-refractivity contribution in [2.45, 2.75) is 14.9 Å². The number of aryl methyl sites for hydroxylation is 1. The molecule has 0 aliphatic carbocycles. The maximum atomic E-state index is 13.3. The van der Waals surface area contributed by atoms with E-state index in [2.05, 4.69) is 9.71 Å². The van der Waals surface area contributed by atoms with Crippen molar-refractivity contribution in [1.29, 1.82) is 0 Å². The SMILES string of the molecule is Cn1ccnc1Sc1ccccc1NS(=O)(=O)c1ccc(F)c(Cl)c1. The summed E-state index contributed by atoms with van der Waals surface area (Å²) in [6, 6.07) is 10.2. The highest BCUT2D eigenvalue weighted by Gasteiger charge is 2.18. The maximum Gasteiger partial charge on any atom is 0.261 e. The minimum absolute atomic E-state index is 0.115. The van der Waals surface area contributed by atoms with Crippen molar-refractivity contribution in [2.75, 3.05) is 4.72 Å². The lowest BCUT2D eigenvalue weighted by molar-refractivity contribution is 0.599. The molecule has 0 aliphatic heterocycles. The Labute approximate surface area is 153 Å². The Hall–Kier alpha value is -2.03. The second-order valence-corrected chi connectivity index (χ2v) is 8.20. The second-order valence-electron chi connectivity index (χ2n) is 5.10. The normalized spacial score (nSPS) is 11.5. The van der Waals surface area contributed by atoms with Gasteiger partial charge in [-0.3, -0.25) is 4.72 Å². The van der Waals surface area contributed by atoms with E-state index in [0.29, 0.717) is 10.6 Å². The van der Waals surface area contributed by atoms with Gasteiger partial charge in [-0.2, -0.15) is 0 Å². The van der Waals surface area contributed by atoms with E-state index in [9.17, 15) is 12.8 Å². The smallest absolute Gasteiger partial charge is 0.261 e. The summed E-state index contributed by atoms with van der Waals surface area (Å²) in [5.74, 6) is -0.675. The predicted molar refractivity (Wildman–Crippen MR) is 96.0 cm³/mol. The van der Waals surface area contributed by atoms with Crippen LogP contribution in [-0.4, -0.2) is 18.0 Å². The zero-order valence-electron chi connectivity index (χ0n) is 13.0. The summed E-state index contributed by atoms with van der Waals surface area (Å²) in [7, 11) is -2.06. The van der Waals surface area contributed by atoms with Gasteiger partial charge in [0.2, 0.25) is 0 Å². The van der Waals surface area contributed by atoms with Gasteiger partial charge in [0.25, 0.3) is 10.0 Å². The molecular formula is C16H13ClFN3O2S2. The third kappa shape index (κ3) is 3.97. The van der Waals surface area contributed by atoms with Crippen molar-refractivity contribution >= 4 is 39.1 Å². The summed E-state index contributed by atoms with van der Waals surface area (Å²) in [5, 5.41) is 0.468. The first-order chi connectivity index (χ1) is 11.9. The fourth-order valence-corrected chi connectivity index (χ4v) is 4.34.